The molecule has 20 heavy (non-hydrogen) atoms. The van der Waals surface area contributed by atoms with Crippen molar-refractivity contribution in [1.82, 2.24) is 20.5 Å². The van der Waals surface area contributed by atoms with Crippen LogP contribution in [-0.4, -0.2) is 21.7 Å². The maximum atomic E-state index is 4.31. The Balaban J connectivity index is 2.24. The first kappa shape index (κ1) is 14.7. The van der Waals surface area contributed by atoms with Gasteiger partial charge in [0, 0.05) is 0 Å². The molecule has 0 radical (unpaired) electrons. The van der Waals surface area contributed by atoms with Gasteiger partial charge in [-0.3, -0.25) is 5.10 Å². The van der Waals surface area contributed by atoms with E-state index in [-0.39, 0.29) is 6.04 Å². The third kappa shape index (κ3) is 3.45. The Morgan fingerprint density at radius 1 is 1.20 bits per heavy atom. The SMILES string of the molecule is CCCNC(Cc1c(C)cc(C)cc1C)c1ncn[nH]1. The highest BCUT2D eigenvalue weighted by atomic mass is 15.2. The average Bonchev–Trinajstić information content (AvgIpc) is 2.91. The van der Waals surface area contributed by atoms with E-state index in [0.717, 1.165) is 25.2 Å². The Bertz CT molecular complexity index is 523. The fourth-order valence-electron chi connectivity index (χ4n) is 2.70. The fourth-order valence-corrected chi connectivity index (χ4v) is 2.70. The van der Waals surface area contributed by atoms with Crippen LogP contribution in [0.2, 0.25) is 0 Å². The van der Waals surface area contributed by atoms with E-state index in [2.05, 4.69) is 60.3 Å². The molecule has 1 heterocycles. The van der Waals surface area contributed by atoms with E-state index in [0.29, 0.717) is 0 Å². The van der Waals surface area contributed by atoms with Crippen molar-refractivity contribution in [3.05, 3.63) is 46.5 Å². The smallest absolute Gasteiger partial charge is 0.141 e. The van der Waals surface area contributed by atoms with Crippen molar-refractivity contribution in [3.63, 3.8) is 0 Å². The fraction of sp³-hybridized carbons (Fsp3) is 0.500. The highest BCUT2D eigenvalue weighted by Gasteiger charge is 2.16. The predicted octanol–water partition coefficient (Wildman–Crippen LogP) is 3.01. The summed E-state index contributed by atoms with van der Waals surface area (Å²) in [6.45, 7) is 9.67. The Morgan fingerprint density at radius 3 is 2.45 bits per heavy atom. The molecule has 4 nitrogen and oxygen atoms in total. The summed E-state index contributed by atoms with van der Waals surface area (Å²) in [5.41, 5.74) is 5.43. The second kappa shape index (κ2) is 6.66. The monoisotopic (exact) mass is 272 g/mol. The summed E-state index contributed by atoms with van der Waals surface area (Å²) in [4.78, 5) is 4.31. The van der Waals surface area contributed by atoms with Crippen molar-refractivity contribution >= 4 is 0 Å². The van der Waals surface area contributed by atoms with Gasteiger partial charge in [0.05, 0.1) is 6.04 Å². The quantitative estimate of drug-likeness (QED) is 0.850. The summed E-state index contributed by atoms with van der Waals surface area (Å²) >= 11 is 0. The highest BCUT2D eigenvalue weighted by molar-refractivity contribution is 5.38. The second-order valence-corrected chi connectivity index (χ2v) is 5.46. The molecule has 0 saturated carbocycles. The van der Waals surface area contributed by atoms with Crippen LogP contribution in [0, 0.1) is 20.8 Å². The lowest BCUT2D eigenvalue weighted by molar-refractivity contribution is 0.504. The minimum atomic E-state index is 0.192. The largest absolute Gasteiger partial charge is 0.307 e. The third-order valence-electron chi connectivity index (χ3n) is 3.65. The average molecular weight is 272 g/mol. The predicted molar refractivity (Wildman–Crippen MR) is 81.8 cm³/mol. The van der Waals surface area contributed by atoms with Gasteiger partial charge in [-0.05, 0) is 56.8 Å². The van der Waals surface area contributed by atoms with Gasteiger partial charge in [0.15, 0.2) is 0 Å². The minimum Gasteiger partial charge on any atom is -0.307 e. The molecule has 0 aliphatic rings. The number of nitrogens with zero attached hydrogens (tertiary/aromatic N) is 2. The van der Waals surface area contributed by atoms with Gasteiger partial charge in [-0.2, -0.15) is 5.10 Å². The summed E-state index contributed by atoms with van der Waals surface area (Å²) in [5.74, 6) is 0.915. The Kier molecular flexibility index (Phi) is 4.90. The lowest BCUT2D eigenvalue weighted by Gasteiger charge is -2.19. The number of hydrogen-bond acceptors (Lipinski definition) is 3. The third-order valence-corrected chi connectivity index (χ3v) is 3.65. The van der Waals surface area contributed by atoms with Crippen molar-refractivity contribution < 1.29 is 0 Å². The van der Waals surface area contributed by atoms with Crippen LogP contribution in [0.25, 0.3) is 0 Å². The molecule has 0 bridgehead atoms. The van der Waals surface area contributed by atoms with E-state index in [9.17, 15) is 0 Å². The lowest BCUT2D eigenvalue weighted by Crippen LogP contribution is -2.25. The number of aromatic amines is 1. The molecular formula is C16H24N4. The molecule has 0 fully saturated rings. The number of aromatic nitrogens is 3. The summed E-state index contributed by atoms with van der Waals surface area (Å²) < 4.78 is 0. The standard InChI is InChI=1S/C16H24N4/c1-5-6-17-15(16-18-10-19-20-16)9-14-12(3)7-11(2)8-13(14)4/h7-8,10,15,17H,5-6,9H2,1-4H3,(H,18,19,20). The van der Waals surface area contributed by atoms with Crippen LogP contribution in [0.3, 0.4) is 0 Å². The van der Waals surface area contributed by atoms with Crippen molar-refractivity contribution in [2.75, 3.05) is 6.54 Å². The first-order valence-electron chi connectivity index (χ1n) is 7.27. The molecule has 1 atom stereocenters. The van der Waals surface area contributed by atoms with Crippen molar-refractivity contribution in [3.8, 4) is 0 Å². The zero-order chi connectivity index (χ0) is 14.5. The lowest BCUT2D eigenvalue weighted by atomic mass is 9.94. The molecule has 0 aliphatic carbocycles. The molecule has 2 rings (SSSR count). The Hall–Kier alpha value is -1.68. The molecule has 108 valence electrons. The number of benzene rings is 1. The van der Waals surface area contributed by atoms with E-state index in [4.69, 9.17) is 0 Å². The number of H-pyrrole nitrogens is 1. The van der Waals surface area contributed by atoms with Gasteiger partial charge < -0.3 is 5.32 Å². The molecule has 1 aromatic heterocycles. The van der Waals surface area contributed by atoms with E-state index in [1.54, 1.807) is 6.33 Å². The molecule has 0 saturated heterocycles. The van der Waals surface area contributed by atoms with Crippen LogP contribution in [-0.2, 0) is 6.42 Å². The number of hydrogen-bond donors (Lipinski definition) is 2. The van der Waals surface area contributed by atoms with Crippen LogP contribution in [0.15, 0.2) is 18.5 Å². The topological polar surface area (TPSA) is 53.6 Å². The van der Waals surface area contributed by atoms with Gasteiger partial charge in [-0.15, -0.1) is 0 Å². The van der Waals surface area contributed by atoms with Crippen LogP contribution >= 0.6 is 0 Å². The number of aryl methyl sites for hydroxylation is 3. The highest BCUT2D eigenvalue weighted by Crippen LogP contribution is 2.22. The summed E-state index contributed by atoms with van der Waals surface area (Å²) in [6, 6.07) is 4.69. The summed E-state index contributed by atoms with van der Waals surface area (Å²) in [5, 5.41) is 10.5. The zero-order valence-corrected chi connectivity index (χ0v) is 12.8. The zero-order valence-electron chi connectivity index (χ0n) is 12.8. The van der Waals surface area contributed by atoms with Crippen LogP contribution < -0.4 is 5.32 Å². The van der Waals surface area contributed by atoms with E-state index >= 15 is 0 Å². The second-order valence-electron chi connectivity index (χ2n) is 5.46. The molecular weight excluding hydrogens is 248 g/mol. The molecule has 2 N–H and O–H groups in total. The first-order chi connectivity index (χ1) is 9.61. The maximum absolute atomic E-state index is 4.31. The van der Waals surface area contributed by atoms with Gasteiger partial charge in [0.25, 0.3) is 0 Å². The van der Waals surface area contributed by atoms with Gasteiger partial charge in [0.1, 0.15) is 12.2 Å². The normalized spacial score (nSPS) is 12.6. The van der Waals surface area contributed by atoms with Crippen molar-refractivity contribution in [1.29, 1.82) is 0 Å². The van der Waals surface area contributed by atoms with E-state index in [1.165, 1.54) is 22.3 Å². The summed E-state index contributed by atoms with van der Waals surface area (Å²) in [6.07, 6.45) is 3.62. The minimum absolute atomic E-state index is 0.192. The van der Waals surface area contributed by atoms with Crippen molar-refractivity contribution in [2.45, 2.75) is 46.6 Å². The number of nitrogens with one attached hydrogen (secondary N) is 2. The molecule has 2 aromatic rings. The molecule has 4 heteroatoms. The van der Waals surface area contributed by atoms with E-state index < -0.39 is 0 Å². The van der Waals surface area contributed by atoms with Gasteiger partial charge in [-0.25, -0.2) is 4.98 Å². The molecule has 0 spiro atoms. The van der Waals surface area contributed by atoms with Gasteiger partial charge >= 0.3 is 0 Å². The summed E-state index contributed by atoms with van der Waals surface area (Å²) in [7, 11) is 0. The van der Waals surface area contributed by atoms with Crippen LogP contribution in [0.4, 0.5) is 0 Å². The number of rotatable bonds is 6. The molecule has 1 unspecified atom stereocenters. The first-order valence-corrected chi connectivity index (χ1v) is 7.27. The molecule has 0 aliphatic heterocycles. The Labute approximate surface area is 121 Å². The van der Waals surface area contributed by atoms with Crippen LogP contribution in [0.1, 0.15) is 47.5 Å². The van der Waals surface area contributed by atoms with E-state index in [1.807, 2.05) is 0 Å². The van der Waals surface area contributed by atoms with Gasteiger partial charge in [0.2, 0.25) is 0 Å². The molecule has 1 aromatic carbocycles. The van der Waals surface area contributed by atoms with Gasteiger partial charge in [-0.1, -0.05) is 24.6 Å². The van der Waals surface area contributed by atoms with Crippen LogP contribution in [0.5, 0.6) is 0 Å². The van der Waals surface area contributed by atoms with Crippen molar-refractivity contribution in [2.24, 2.45) is 0 Å². The maximum Gasteiger partial charge on any atom is 0.141 e. The Morgan fingerprint density at radius 2 is 1.90 bits per heavy atom. The molecule has 0 amide bonds.